The molecule has 2 rings (SSSR count). The second-order valence-electron chi connectivity index (χ2n) is 5.43. The highest BCUT2D eigenvalue weighted by atomic mass is 79.9. The Hall–Kier alpha value is -0.490. The van der Waals surface area contributed by atoms with Crippen molar-refractivity contribution in [3.05, 3.63) is 15.9 Å². The van der Waals surface area contributed by atoms with Gasteiger partial charge in [-0.15, -0.1) is 0 Å². The molecule has 1 unspecified atom stereocenters. The van der Waals surface area contributed by atoms with Crippen LogP contribution in [0.1, 0.15) is 37.1 Å². The van der Waals surface area contributed by atoms with E-state index in [4.69, 9.17) is 0 Å². The highest BCUT2D eigenvalue weighted by molar-refractivity contribution is 9.10. The van der Waals surface area contributed by atoms with Crippen LogP contribution in [-0.4, -0.2) is 26.9 Å². The fourth-order valence-corrected chi connectivity index (χ4v) is 3.21. The standard InChI is InChI=1S/C13H19BrF2N2O/c1-8-12(14)10(18(2)17-8)7-11(19)9-3-5-13(15,16)6-4-9/h9,11,19H,3-7H2,1-2H3. The summed E-state index contributed by atoms with van der Waals surface area (Å²) in [4.78, 5) is 0. The number of hydrogen-bond donors (Lipinski definition) is 1. The Morgan fingerprint density at radius 3 is 2.53 bits per heavy atom. The first-order valence-corrected chi connectivity index (χ1v) is 7.33. The lowest BCUT2D eigenvalue weighted by molar-refractivity contribution is -0.0621. The molecule has 6 heteroatoms. The average Bonchev–Trinajstić information content (AvgIpc) is 2.56. The fourth-order valence-electron chi connectivity index (χ4n) is 2.71. The Balaban J connectivity index is 2.00. The second-order valence-corrected chi connectivity index (χ2v) is 6.23. The number of halogens is 3. The molecule has 1 saturated carbocycles. The van der Waals surface area contributed by atoms with E-state index in [2.05, 4.69) is 21.0 Å². The number of aliphatic hydroxyl groups excluding tert-OH is 1. The van der Waals surface area contributed by atoms with Crippen molar-refractivity contribution in [2.45, 2.75) is 51.1 Å². The molecule has 1 aromatic rings. The largest absolute Gasteiger partial charge is 0.392 e. The van der Waals surface area contributed by atoms with Gasteiger partial charge in [-0.3, -0.25) is 4.68 Å². The lowest BCUT2D eigenvalue weighted by atomic mass is 9.82. The van der Waals surface area contributed by atoms with E-state index in [0.29, 0.717) is 19.3 Å². The van der Waals surface area contributed by atoms with Crippen molar-refractivity contribution in [1.29, 1.82) is 0 Å². The molecule has 1 heterocycles. The Bertz CT molecular complexity index is 452. The van der Waals surface area contributed by atoms with E-state index in [-0.39, 0.29) is 18.8 Å². The number of nitrogens with zero attached hydrogens (tertiary/aromatic N) is 2. The van der Waals surface area contributed by atoms with Gasteiger partial charge in [0, 0.05) is 26.3 Å². The van der Waals surface area contributed by atoms with Gasteiger partial charge in [0.2, 0.25) is 5.92 Å². The monoisotopic (exact) mass is 336 g/mol. The Morgan fingerprint density at radius 1 is 1.47 bits per heavy atom. The molecule has 1 fully saturated rings. The summed E-state index contributed by atoms with van der Waals surface area (Å²) in [6.45, 7) is 1.89. The summed E-state index contributed by atoms with van der Waals surface area (Å²) in [6, 6.07) is 0. The maximum atomic E-state index is 13.1. The van der Waals surface area contributed by atoms with Gasteiger partial charge in [0.1, 0.15) is 0 Å². The summed E-state index contributed by atoms with van der Waals surface area (Å²) in [7, 11) is 1.83. The molecule has 1 N–H and O–H groups in total. The van der Waals surface area contributed by atoms with E-state index in [9.17, 15) is 13.9 Å². The van der Waals surface area contributed by atoms with Crippen molar-refractivity contribution >= 4 is 15.9 Å². The molecule has 0 saturated heterocycles. The Labute approximate surface area is 120 Å². The van der Waals surface area contributed by atoms with Crippen molar-refractivity contribution < 1.29 is 13.9 Å². The van der Waals surface area contributed by atoms with Crippen LogP contribution in [0.4, 0.5) is 8.78 Å². The molecule has 0 bridgehead atoms. The first-order chi connectivity index (χ1) is 8.80. The van der Waals surface area contributed by atoms with Crippen LogP contribution in [0, 0.1) is 12.8 Å². The van der Waals surface area contributed by atoms with E-state index < -0.39 is 12.0 Å². The first kappa shape index (κ1) is 14.9. The van der Waals surface area contributed by atoms with Gasteiger partial charge in [-0.2, -0.15) is 5.10 Å². The van der Waals surface area contributed by atoms with Crippen LogP contribution in [0.3, 0.4) is 0 Å². The molecule has 1 aromatic heterocycles. The summed E-state index contributed by atoms with van der Waals surface area (Å²) in [5.74, 6) is -2.58. The SMILES string of the molecule is Cc1nn(C)c(CC(O)C2CCC(F)(F)CC2)c1Br. The summed E-state index contributed by atoms with van der Waals surface area (Å²) < 4.78 is 28.8. The molecule has 0 aromatic carbocycles. The minimum absolute atomic E-state index is 0.0401. The lowest BCUT2D eigenvalue weighted by Gasteiger charge is -2.31. The summed E-state index contributed by atoms with van der Waals surface area (Å²) in [6.07, 6.45) is 0.433. The Morgan fingerprint density at radius 2 is 2.05 bits per heavy atom. The molecule has 0 radical (unpaired) electrons. The topological polar surface area (TPSA) is 38.0 Å². The van der Waals surface area contributed by atoms with Gasteiger partial charge in [0.15, 0.2) is 0 Å². The van der Waals surface area contributed by atoms with Gasteiger partial charge in [-0.05, 0) is 41.6 Å². The zero-order chi connectivity index (χ0) is 14.2. The smallest absolute Gasteiger partial charge is 0.248 e. The van der Waals surface area contributed by atoms with Crippen LogP contribution in [-0.2, 0) is 13.5 Å². The predicted molar refractivity (Wildman–Crippen MR) is 72.3 cm³/mol. The average molecular weight is 337 g/mol. The molecule has 0 aliphatic heterocycles. The number of rotatable bonds is 3. The highest BCUT2D eigenvalue weighted by Crippen LogP contribution is 2.38. The maximum absolute atomic E-state index is 13.1. The van der Waals surface area contributed by atoms with Crippen molar-refractivity contribution in [2.24, 2.45) is 13.0 Å². The zero-order valence-corrected chi connectivity index (χ0v) is 12.8. The number of hydrogen-bond acceptors (Lipinski definition) is 2. The lowest BCUT2D eigenvalue weighted by Crippen LogP contribution is -2.32. The van der Waals surface area contributed by atoms with Gasteiger partial charge in [-0.25, -0.2) is 8.78 Å². The first-order valence-electron chi connectivity index (χ1n) is 6.54. The minimum atomic E-state index is -2.54. The predicted octanol–water partition coefficient (Wildman–Crippen LogP) is 3.22. The molecular formula is C13H19BrF2N2O. The maximum Gasteiger partial charge on any atom is 0.248 e. The molecule has 0 spiro atoms. The summed E-state index contributed by atoms with van der Waals surface area (Å²) >= 11 is 3.46. The van der Waals surface area contributed by atoms with Gasteiger partial charge in [0.25, 0.3) is 0 Å². The van der Waals surface area contributed by atoms with Crippen LogP contribution >= 0.6 is 15.9 Å². The molecule has 1 aliphatic carbocycles. The minimum Gasteiger partial charge on any atom is -0.392 e. The van der Waals surface area contributed by atoms with Crippen LogP contribution < -0.4 is 0 Å². The summed E-state index contributed by atoms with van der Waals surface area (Å²) in [5.41, 5.74) is 1.79. The number of alkyl halides is 2. The van der Waals surface area contributed by atoms with E-state index in [1.54, 1.807) is 4.68 Å². The van der Waals surface area contributed by atoms with Gasteiger partial charge < -0.3 is 5.11 Å². The van der Waals surface area contributed by atoms with Crippen molar-refractivity contribution in [1.82, 2.24) is 9.78 Å². The quantitative estimate of drug-likeness (QED) is 0.920. The van der Waals surface area contributed by atoms with Crippen LogP contribution in [0.5, 0.6) is 0 Å². The highest BCUT2D eigenvalue weighted by Gasteiger charge is 2.37. The van der Waals surface area contributed by atoms with Crippen molar-refractivity contribution in [3.63, 3.8) is 0 Å². The third kappa shape index (κ3) is 3.34. The normalized spacial score (nSPS) is 21.6. The third-order valence-corrected chi connectivity index (χ3v) is 5.00. The van der Waals surface area contributed by atoms with Crippen LogP contribution in [0.25, 0.3) is 0 Å². The molecule has 1 aliphatic rings. The second kappa shape index (κ2) is 5.48. The van der Waals surface area contributed by atoms with Crippen LogP contribution in [0.2, 0.25) is 0 Å². The van der Waals surface area contributed by atoms with E-state index >= 15 is 0 Å². The van der Waals surface area contributed by atoms with Crippen LogP contribution in [0.15, 0.2) is 4.47 Å². The molecule has 108 valence electrons. The summed E-state index contributed by atoms with van der Waals surface area (Å²) in [5, 5.41) is 14.5. The third-order valence-electron chi connectivity index (χ3n) is 3.97. The van der Waals surface area contributed by atoms with E-state index in [1.807, 2.05) is 14.0 Å². The van der Waals surface area contributed by atoms with Gasteiger partial charge >= 0.3 is 0 Å². The van der Waals surface area contributed by atoms with Crippen molar-refractivity contribution in [2.75, 3.05) is 0 Å². The fraction of sp³-hybridized carbons (Fsp3) is 0.769. The molecular weight excluding hydrogens is 318 g/mol. The van der Waals surface area contributed by atoms with E-state index in [0.717, 1.165) is 15.9 Å². The van der Waals surface area contributed by atoms with E-state index in [1.165, 1.54) is 0 Å². The van der Waals surface area contributed by atoms with Gasteiger partial charge in [-0.1, -0.05) is 0 Å². The number of aliphatic hydroxyl groups is 1. The Kier molecular flexibility index (Phi) is 4.30. The molecule has 19 heavy (non-hydrogen) atoms. The number of aromatic nitrogens is 2. The molecule has 3 nitrogen and oxygen atoms in total. The molecule has 0 amide bonds. The van der Waals surface area contributed by atoms with Gasteiger partial charge in [0.05, 0.1) is 22.0 Å². The van der Waals surface area contributed by atoms with Crippen molar-refractivity contribution in [3.8, 4) is 0 Å². The zero-order valence-electron chi connectivity index (χ0n) is 11.2. The number of aryl methyl sites for hydroxylation is 2. The molecule has 1 atom stereocenters.